The molecule has 1 atom stereocenters. The molecule has 0 fully saturated rings. The lowest BCUT2D eigenvalue weighted by Crippen LogP contribution is -2.11. The first-order valence-corrected chi connectivity index (χ1v) is 6.01. The molecule has 0 aliphatic rings. The van der Waals surface area contributed by atoms with Crippen molar-refractivity contribution in [3.8, 4) is 0 Å². The Morgan fingerprint density at radius 1 is 1.35 bits per heavy atom. The zero-order chi connectivity index (χ0) is 12.3. The molecule has 2 heterocycles. The zero-order valence-corrected chi connectivity index (χ0v) is 10.7. The number of hydrogen-bond donors (Lipinski definition) is 1. The van der Waals surface area contributed by atoms with Gasteiger partial charge in [0, 0.05) is 43.9 Å². The molecule has 4 nitrogen and oxygen atoms in total. The van der Waals surface area contributed by atoms with Gasteiger partial charge in [0.05, 0.1) is 0 Å². The maximum atomic E-state index is 4.22. The minimum atomic E-state index is 0.409. The summed E-state index contributed by atoms with van der Waals surface area (Å²) in [5.74, 6) is 1.07. The second kappa shape index (κ2) is 5.19. The molecule has 1 unspecified atom stereocenters. The summed E-state index contributed by atoms with van der Waals surface area (Å²) in [5.41, 5.74) is 1.33. The van der Waals surface area contributed by atoms with Crippen molar-refractivity contribution >= 4 is 0 Å². The highest BCUT2D eigenvalue weighted by molar-refractivity contribution is 5.14. The van der Waals surface area contributed by atoms with E-state index >= 15 is 0 Å². The molecule has 0 aliphatic heterocycles. The second-order valence-electron chi connectivity index (χ2n) is 4.36. The van der Waals surface area contributed by atoms with Gasteiger partial charge in [0.25, 0.3) is 0 Å². The third kappa shape index (κ3) is 2.77. The topological polar surface area (TPSA) is 34.8 Å². The first-order chi connectivity index (χ1) is 8.20. The number of imidazole rings is 1. The quantitative estimate of drug-likeness (QED) is 0.855. The van der Waals surface area contributed by atoms with E-state index in [9.17, 15) is 0 Å². The van der Waals surface area contributed by atoms with E-state index in [-0.39, 0.29) is 0 Å². The number of rotatable bonds is 5. The van der Waals surface area contributed by atoms with Gasteiger partial charge >= 0.3 is 0 Å². The van der Waals surface area contributed by atoms with E-state index in [2.05, 4.69) is 44.8 Å². The fraction of sp³-hybridized carbons (Fsp3) is 0.462. The number of nitrogens with zero attached hydrogens (tertiary/aromatic N) is 3. The Bertz CT molecular complexity index is 469. The van der Waals surface area contributed by atoms with Gasteiger partial charge in [0.2, 0.25) is 0 Å². The Hall–Kier alpha value is -1.55. The van der Waals surface area contributed by atoms with Gasteiger partial charge in [-0.25, -0.2) is 4.98 Å². The fourth-order valence-electron chi connectivity index (χ4n) is 1.88. The van der Waals surface area contributed by atoms with E-state index < -0.39 is 0 Å². The average molecular weight is 232 g/mol. The molecule has 2 aromatic heterocycles. The summed E-state index contributed by atoms with van der Waals surface area (Å²) in [6, 6.07) is 2.58. The van der Waals surface area contributed by atoms with Gasteiger partial charge in [-0.2, -0.15) is 0 Å². The lowest BCUT2D eigenvalue weighted by atomic mass is 10.2. The van der Waals surface area contributed by atoms with Crippen molar-refractivity contribution < 1.29 is 0 Å². The molecule has 0 radical (unpaired) electrons. The molecule has 92 valence electrons. The van der Waals surface area contributed by atoms with Crippen LogP contribution in [-0.2, 0) is 13.1 Å². The number of hydrogen-bond acceptors (Lipinski definition) is 2. The molecular formula is C13H20N4. The van der Waals surface area contributed by atoms with Gasteiger partial charge in [0.1, 0.15) is 5.82 Å². The first-order valence-electron chi connectivity index (χ1n) is 6.01. The zero-order valence-electron chi connectivity index (χ0n) is 10.7. The highest BCUT2D eigenvalue weighted by Gasteiger charge is 2.04. The van der Waals surface area contributed by atoms with Gasteiger partial charge in [-0.05, 0) is 32.5 Å². The Morgan fingerprint density at radius 3 is 2.82 bits per heavy atom. The van der Waals surface area contributed by atoms with E-state index in [1.165, 1.54) is 5.56 Å². The molecule has 0 bridgehead atoms. The number of aromatic nitrogens is 3. The highest BCUT2D eigenvalue weighted by Crippen LogP contribution is 2.12. The van der Waals surface area contributed by atoms with Crippen LogP contribution >= 0.6 is 0 Å². The SMILES string of the molecule is CNC(C)c1ccn(CCn2ccnc2C)c1. The van der Waals surface area contributed by atoms with Crippen LogP contribution in [0, 0.1) is 6.92 Å². The van der Waals surface area contributed by atoms with Crippen LogP contribution in [0.2, 0.25) is 0 Å². The Morgan fingerprint density at radius 2 is 2.18 bits per heavy atom. The summed E-state index contributed by atoms with van der Waals surface area (Å²) in [7, 11) is 1.98. The van der Waals surface area contributed by atoms with Crippen LogP contribution in [0.1, 0.15) is 24.4 Å². The molecule has 4 heteroatoms. The summed E-state index contributed by atoms with van der Waals surface area (Å²) >= 11 is 0. The summed E-state index contributed by atoms with van der Waals surface area (Å²) < 4.78 is 4.39. The second-order valence-corrected chi connectivity index (χ2v) is 4.36. The van der Waals surface area contributed by atoms with Crippen LogP contribution in [0.15, 0.2) is 30.9 Å². The minimum Gasteiger partial charge on any atom is -0.352 e. The Labute approximate surface area is 102 Å². The standard InChI is InChI=1S/C13H20N4/c1-11(14-3)13-4-6-16(10-13)8-9-17-7-5-15-12(17)2/h4-7,10-11,14H,8-9H2,1-3H3. The predicted molar refractivity (Wildman–Crippen MR) is 68.9 cm³/mol. The van der Waals surface area contributed by atoms with E-state index in [1.54, 1.807) is 0 Å². The largest absolute Gasteiger partial charge is 0.352 e. The van der Waals surface area contributed by atoms with Gasteiger partial charge in [-0.1, -0.05) is 0 Å². The van der Waals surface area contributed by atoms with Crippen molar-refractivity contribution in [2.75, 3.05) is 7.05 Å². The lowest BCUT2D eigenvalue weighted by Gasteiger charge is -2.08. The monoisotopic (exact) mass is 232 g/mol. The van der Waals surface area contributed by atoms with Gasteiger partial charge in [-0.15, -0.1) is 0 Å². The predicted octanol–water partition coefficient (Wildman–Crippen LogP) is 1.97. The van der Waals surface area contributed by atoms with Crippen LogP contribution in [0.5, 0.6) is 0 Å². The van der Waals surface area contributed by atoms with Crippen molar-refractivity contribution in [2.24, 2.45) is 0 Å². The summed E-state index contributed by atoms with van der Waals surface area (Å²) in [5, 5.41) is 3.24. The summed E-state index contributed by atoms with van der Waals surface area (Å²) in [6.07, 6.45) is 8.21. The van der Waals surface area contributed by atoms with E-state index in [0.717, 1.165) is 18.9 Å². The minimum absolute atomic E-state index is 0.409. The van der Waals surface area contributed by atoms with Gasteiger partial charge < -0.3 is 14.5 Å². The van der Waals surface area contributed by atoms with Crippen LogP contribution in [0.3, 0.4) is 0 Å². The Kier molecular flexibility index (Phi) is 3.64. The van der Waals surface area contributed by atoms with Gasteiger partial charge in [-0.3, -0.25) is 0 Å². The van der Waals surface area contributed by atoms with E-state index in [1.807, 2.05) is 26.4 Å². The summed E-state index contributed by atoms with van der Waals surface area (Å²) in [4.78, 5) is 4.22. The molecule has 2 aromatic rings. The van der Waals surface area contributed by atoms with Crippen LogP contribution in [-0.4, -0.2) is 21.2 Å². The van der Waals surface area contributed by atoms with Crippen molar-refractivity contribution in [1.82, 2.24) is 19.4 Å². The highest BCUT2D eigenvalue weighted by atomic mass is 15.1. The van der Waals surface area contributed by atoms with Crippen LogP contribution in [0.4, 0.5) is 0 Å². The number of nitrogens with one attached hydrogen (secondary N) is 1. The molecule has 0 aliphatic carbocycles. The van der Waals surface area contributed by atoms with E-state index in [0.29, 0.717) is 6.04 Å². The third-order valence-electron chi connectivity index (χ3n) is 3.23. The molecule has 17 heavy (non-hydrogen) atoms. The molecule has 0 amide bonds. The third-order valence-corrected chi connectivity index (χ3v) is 3.23. The summed E-state index contributed by atoms with van der Waals surface area (Å²) in [6.45, 7) is 6.14. The first kappa shape index (κ1) is 11.9. The van der Waals surface area contributed by atoms with Crippen LogP contribution < -0.4 is 5.32 Å². The molecule has 1 N–H and O–H groups in total. The maximum Gasteiger partial charge on any atom is 0.105 e. The fourth-order valence-corrected chi connectivity index (χ4v) is 1.88. The lowest BCUT2D eigenvalue weighted by molar-refractivity contribution is 0.566. The number of aryl methyl sites for hydroxylation is 3. The van der Waals surface area contributed by atoms with Crippen molar-refractivity contribution in [1.29, 1.82) is 0 Å². The molecule has 0 aromatic carbocycles. The van der Waals surface area contributed by atoms with Crippen molar-refractivity contribution in [3.05, 3.63) is 42.2 Å². The molecule has 0 saturated heterocycles. The van der Waals surface area contributed by atoms with Crippen LogP contribution in [0.25, 0.3) is 0 Å². The van der Waals surface area contributed by atoms with Crippen molar-refractivity contribution in [2.45, 2.75) is 33.0 Å². The molecule has 0 saturated carbocycles. The average Bonchev–Trinajstić information content (AvgIpc) is 2.94. The smallest absolute Gasteiger partial charge is 0.105 e. The molecule has 0 spiro atoms. The Balaban J connectivity index is 1.96. The molecular weight excluding hydrogens is 212 g/mol. The molecule has 2 rings (SSSR count). The normalized spacial score (nSPS) is 12.9. The van der Waals surface area contributed by atoms with Crippen molar-refractivity contribution in [3.63, 3.8) is 0 Å². The maximum absolute atomic E-state index is 4.22. The van der Waals surface area contributed by atoms with E-state index in [4.69, 9.17) is 0 Å². The van der Waals surface area contributed by atoms with Gasteiger partial charge in [0.15, 0.2) is 0 Å².